The first-order valence-electron chi connectivity index (χ1n) is 7.74. The molecule has 1 N–H and O–H groups in total. The third kappa shape index (κ3) is 3.51. The van der Waals surface area contributed by atoms with E-state index in [2.05, 4.69) is 36.3 Å². The van der Waals surface area contributed by atoms with Crippen LogP contribution in [0.1, 0.15) is 36.7 Å². The highest BCUT2D eigenvalue weighted by molar-refractivity contribution is 6.03. The van der Waals surface area contributed by atoms with Crippen molar-refractivity contribution in [1.29, 1.82) is 0 Å². The van der Waals surface area contributed by atoms with E-state index in [1.807, 2.05) is 42.5 Å². The van der Waals surface area contributed by atoms with Gasteiger partial charge >= 0.3 is 6.01 Å². The molecular formula is C19H19N3O2. The Kier molecular flexibility index (Phi) is 4.16. The Labute approximate surface area is 140 Å². The van der Waals surface area contributed by atoms with E-state index >= 15 is 0 Å². The van der Waals surface area contributed by atoms with Crippen molar-refractivity contribution in [2.75, 3.05) is 5.32 Å². The van der Waals surface area contributed by atoms with Gasteiger partial charge in [-0.15, -0.1) is 5.10 Å². The molecule has 0 aliphatic rings. The molecule has 0 fully saturated rings. The van der Waals surface area contributed by atoms with Crippen molar-refractivity contribution in [3.05, 3.63) is 65.7 Å². The first-order chi connectivity index (χ1) is 11.4. The predicted molar refractivity (Wildman–Crippen MR) is 92.8 cm³/mol. The largest absolute Gasteiger partial charge is 0.403 e. The molecule has 3 rings (SSSR count). The van der Waals surface area contributed by atoms with Crippen LogP contribution in [0.4, 0.5) is 6.01 Å². The number of carbonyl (C=O) groups excluding carboxylic acids is 1. The number of nitrogens with one attached hydrogen (secondary N) is 1. The number of aromatic nitrogens is 2. The molecule has 5 heteroatoms. The number of hydrogen-bond donors (Lipinski definition) is 1. The molecule has 0 aliphatic carbocycles. The monoisotopic (exact) mass is 321 g/mol. The maximum absolute atomic E-state index is 12.3. The highest BCUT2D eigenvalue weighted by atomic mass is 16.4. The third-order valence-corrected chi connectivity index (χ3v) is 3.68. The Hall–Kier alpha value is -2.95. The number of carbonyl (C=O) groups is 1. The molecule has 5 nitrogen and oxygen atoms in total. The number of benzene rings is 2. The zero-order chi connectivity index (χ0) is 17.2. The smallest absolute Gasteiger partial charge is 0.322 e. The van der Waals surface area contributed by atoms with Crippen LogP contribution in [0.3, 0.4) is 0 Å². The topological polar surface area (TPSA) is 68.0 Å². The van der Waals surface area contributed by atoms with Crippen molar-refractivity contribution in [2.24, 2.45) is 0 Å². The second kappa shape index (κ2) is 6.28. The lowest BCUT2D eigenvalue weighted by molar-refractivity contribution is 0.102. The molecule has 1 heterocycles. The van der Waals surface area contributed by atoms with E-state index in [-0.39, 0.29) is 17.3 Å². The number of nitrogens with zero attached hydrogens (tertiary/aromatic N) is 2. The Morgan fingerprint density at radius 2 is 1.62 bits per heavy atom. The fraction of sp³-hybridized carbons (Fsp3) is 0.211. The molecule has 1 aromatic heterocycles. The van der Waals surface area contributed by atoms with Crippen molar-refractivity contribution in [3.8, 4) is 11.5 Å². The van der Waals surface area contributed by atoms with Crippen LogP contribution < -0.4 is 5.32 Å². The highest BCUT2D eigenvalue weighted by Gasteiger charge is 2.16. The summed E-state index contributed by atoms with van der Waals surface area (Å²) in [7, 11) is 0. The lowest BCUT2D eigenvalue weighted by atomic mass is 9.87. The predicted octanol–water partition coefficient (Wildman–Crippen LogP) is 4.29. The molecule has 0 radical (unpaired) electrons. The van der Waals surface area contributed by atoms with Crippen LogP contribution in [-0.4, -0.2) is 16.1 Å². The van der Waals surface area contributed by atoms with Gasteiger partial charge in [0.1, 0.15) is 0 Å². The Balaban J connectivity index is 1.72. The molecule has 0 atom stereocenters. The maximum atomic E-state index is 12.3. The molecule has 0 spiro atoms. The van der Waals surface area contributed by atoms with E-state index in [9.17, 15) is 4.79 Å². The van der Waals surface area contributed by atoms with E-state index in [1.54, 1.807) is 12.1 Å². The van der Waals surface area contributed by atoms with Gasteiger partial charge < -0.3 is 4.42 Å². The average molecular weight is 321 g/mol. The summed E-state index contributed by atoms with van der Waals surface area (Å²) in [5.74, 6) is 0.0905. The van der Waals surface area contributed by atoms with Gasteiger partial charge in [0.25, 0.3) is 5.91 Å². The second-order valence-corrected chi connectivity index (χ2v) is 6.56. The molecule has 0 saturated carbocycles. The molecule has 24 heavy (non-hydrogen) atoms. The Morgan fingerprint density at radius 3 is 2.25 bits per heavy atom. The van der Waals surface area contributed by atoms with Gasteiger partial charge in [0, 0.05) is 11.1 Å². The maximum Gasteiger partial charge on any atom is 0.322 e. The van der Waals surface area contributed by atoms with Gasteiger partial charge in [0.15, 0.2) is 0 Å². The molecular weight excluding hydrogens is 302 g/mol. The van der Waals surface area contributed by atoms with Crippen molar-refractivity contribution in [2.45, 2.75) is 26.2 Å². The normalized spacial score (nSPS) is 11.3. The van der Waals surface area contributed by atoms with Crippen LogP contribution in [-0.2, 0) is 5.41 Å². The first-order valence-corrected chi connectivity index (χ1v) is 7.74. The second-order valence-electron chi connectivity index (χ2n) is 6.56. The summed E-state index contributed by atoms with van der Waals surface area (Å²) in [6.07, 6.45) is 0. The summed E-state index contributed by atoms with van der Waals surface area (Å²) in [5, 5.41) is 10.4. The number of hydrogen-bond acceptors (Lipinski definition) is 4. The Morgan fingerprint density at radius 1 is 0.958 bits per heavy atom. The molecule has 0 saturated heterocycles. The standard InChI is InChI=1S/C19H19N3O2/c1-19(2,3)15-11-9-13(10-12-15)16(23)20-18-22-21-17(24-18)14-7-5-4-6-8-14/h4-12H,1-3H3,(H,20,22,23). The summed E-state index contributed by atoms with van der Waals surface area (Å²) < 4.78 is 5.49. The lowest BCUT2D eigenvalue weighted by Gasteiger charge is -2.18. The summed E-state index contributed by atoms with van der Waals surface area (Å²) in [4.78, 5) is 12.3. The SMILES string of the molecule is CC(C)(C)c1ccc(C(=O)Nc2nnc(-c3ccccc3)o2)cc1. The van der Waals surface area contributed by atoms with Gasteiger partial charge in [-0.3, -0.25) is 10.1 Å². The van der Waals surface area contributed by atoms with Crippen LogP contribution in [0.5, 0.6) is 0 Å². The van der Waals surface area contributed by atoms with Gasteiger partial charge in [-0.05, 0) is 35.2 Å². The zero-order valence-corrected chi connectivity index (χ0v) is 13.9. The lowest BCUT2D eigenvalue weighted by Crippen LogP contribution is -2.14. The Bertz CT molecular complexity index is 831. The van der Waals surface area contributed by atoms with Crippen molar-refractivity contribution >= 4 is 11.9 Å². The van der Waals surface area contributed by atoms with Crippen LogP contribution >= 0.6 is 0 Å². The van der Waals surface area contributed by atoms with Crippen LogP contribution in [0, 0.1) is 0 Å². The van der Waals surface area contributed by atoms with Crippen LogP contribution in [0.25, 0.3) is 11.5 Å². The minimum Gasteiger partial charge on any atom is -0.403 e. The zero-order valence-electron chi connectivity index (χ0n) is 13.9. The minimum absolute atomic E-state index is 0.0477. The van der Waals surface area contributed by atoms with E-state index in [4.69, 9.17) is 4.42 Å². The number of amides is 1. The minimum atomic E-state index is -0.279. The number of rotatable bonds is 3. The molecule has 1 amide bonds. The molecule has 2 aromatic carbocycles. The van der Waals surface area contributed by atoms with Gasteiger partial charge in [0.2, 0.25) is 5.89 Å². The summed E-state index contributed by atoms with van der Waals surface area (Å²) in [5.41, 5.74) is 2.57. The molecule has 0 unspecified atom stereocenters. The number of anilines is 1. The van der Waals surface area contributed by atoms with E-state index < -0.39 is 0 Å². The summed E-state index contributed by atoms with van der Waals surface area (Å²) in [6.45, 7) is 6.39. The molecule has 122 valence electrons. The van der Waals surface area contributed by atoms with Gasteiger partial charge in [-0.1, -0.05) is 56.2 Å². The molecule has 0 bridgehead atoms. The third-order valence-electron chi connectivity index (χ3n) is 3.68. The van der Waals surface area contributed by atoms with Crippen molar-refractivity contribution in [1.82, 2.24) is 10.2 Å². The highest BCUT2D eigenvalue weighted by Crippen LogP contribution is 2.23. The molecule has 3 aromatic rings. The van der Waals surface area contributed by atoms with E-state index in [0.29, 0.717) is 11.5 Å². The summed E-state index contributed by atoms with van der Waals surface area (Å²) >= 11 is 0. The van der Waals surface area contributed by atoms with Crippen molar-refractivity contribution in [3.63, 3.8) is 0 Å². The van der Waals surface area contributed by atoms with Crippen LogP contribution in [0.15, 0.2) is 59.0 Å². The van der Waals surface area contributed by atoms with Crippen molar-refractivity contribution < 1.29 is 9.21 Å². The quantitative estimate of drug-likeness (QED) is 0.781. The first kappa shape index (κ1) is 15.9. The van der Waals surface area contributed by atoms with Gasteiger partial charge in [-0.25, -0.2) is 0 Å². The van der Waals surface area contributed by atoms with Gasteiger partial charge in [-0.2, -0.15) is 0 Å². The van der Waals surface area contributed by atoms with Gasteiger partial charge in [0.05, 0.1) is 0 Å². The average Bonchev–Trinajstić information content (AvgIpc) is 3.03. The molecule has 0 aliphatic heterocycles. The fourth-order valence-corrected chi connectivity index (χ4v) is 2.26. The van der Waals surface area contributed by atoms with Crippen LogP contribution in [0.2, 0.25) is 0 Å². The van der Waals surface area contributed by atoms with E-state index in [0.717, 1.165) is 5.56 Å². The van der Waals surface area contributed by atoms with E-state index in [1.165, 1.54) is 5.56 Å². The summed E-state index contributed by atoms with van der Waals surface area (Å²) in [6, 6.07) is 17.0. The fourth-order valence-electron chi connectivity index (χ4n) is 2.26.